The van der Waals surface area contributed by atoms with E-state index in [0.717, 1.165) is 11.8 Å². The van der Waals surface area contributed by atoms with E-state index in [9.17, 15) is 0 Å². The zero-order valence-corrected chi connectivity index (χ0v) is 12.6. The van der Waals surface area contributed by atoms with Gasteiger partial charge in [0.2, 0.25) is 0 Å². The first kappa shape index (κ1) is 15.6. The van der Waals surface area contributed by atoms with E-state index in [1.165, 1.54) is 36.0 Å². The molecular formula is C18H26O. The van der Waals surface area contributed by atoms with Gasteiger partial charge in [-0.1, -0.05) is 48.5 Å². The fourth-order valence-electron chi connectivity index (χ4n) is 2.37. The lowest BCUT2D eigenvalue weighted by Gasteiger charge is -2.22. The Bertz CT molecular complexity index is 444. The Morgan fingerprint density at radius 1 is 1.21 bits per heavy atom. The Labute approximate surface area is 117 Å². The Morgan fingerprint density at radius 2 is 1.95 bits per heavy atom. The molecule has 0 saturated heterocycles. The number of allylic oxidation sites excluding steroid dienone is 9. The number of hydrogen-bond acceptors (Lipinski definition) is 1. The summed E-state index contributed by atoms with van der Waals surface area (Å²) >= 11 is 0. The van der Waals surface area contributed by atoms with Crippen LogP contribution >= 0.6 is 0 Å². The van der Waals surface area contributed by atoms with E-state index >= 15 is 0 Å². The van der Waals surface area contributed by atoms with Crippen LogP contribution in [-0.4, -0.2) is 5.11 Å². The van der Waals surface area contributed by atoms with Gasteiger partial charge in [-0.2, -0.15) is 0 Å². The van der Waals surface area contributed by atoms with Crippen molar-refractivity contribution in [3.05, 3.63) is 58.9 Å². The van der Waals surface area contributed by atoms with Gasteiger partial charge in [-0.25, -0.2) is 0 Å². The van der Waals surface area contributed by atoms with Crippen molar-refractivity contribution in [2.75, 3.05) is 0 Å². The molecule has 104 valence electrons. The van der Waals surface area contributed by atoms with Crippen LogP contribution in [0.3, 0.4) is 0 Å². The van der Waals surface area contributed by atoms with Gasteiger partial charge in [0, 0.05) is 0 Å². The average molecular weight is 258 g/mol. The molecule has 0 radical (unpaired) electrons. The van der Waals surface area contributed by atoms with E-state index in [1.807, 2.05) is 19.1 Å². The van der Waals surface area contributed by atoms with Crippen LogP contribution in [0.1, 0.15) is 47.0 Å². The van der Waals surface area contributed by atoms with E-state index < -0.39 is 0 Å². The van der Waals surface area contributed by atoms with Crippen LogP contribution in [0.2, 0.25) is 0 Å². The minimum Gasteiger partial charge on any atom is -0.515 e. The second kappa shape index (κ2) is 7.83. The third-order valence-electron chi connectivity index (χ3n) is 3.66. The van der Waals surface area contributed by atoms with Gasteiger partial charge in [0.1, 0.15) is 0 Å². The molecule has 1 N–H and O–H groups in total. The highest BCUT2D eigenvalue weighted by molar-refractivity contribution is 5.34. The van der Waals surface area contributed by atoms with E-state index in [0.29, 0.717) is 5.92 Å². The quantitative estimate of drug-likeness (QED) is 0.511. The molecule has 1 nitrogen and oxygen atoms in total. The number of rotatable bonds is 4. The summed E-state index contributed by atoms with van der Waals surface area (Å²) < 4.78 is 0. The number of hydrogen-bond donors (Lipinski definition) is 1. The summed E-state index contributed by atoms with van der Waals surface area (Å²) in [6.45, 7) is 8.54. The largest absolute Gasteiger partial charge is 0.515 e. The summed E-state index contributed by atoms with van der Waals surface area (Å²) in [5.41, 5.74) is 5.12. The van der Waals surface area contributed by atoms with Crippen LogP contribution < -0.4 is 0 Å². The Morgan fingerprint density at radius 3 is 2.58 bits per heavy atom. The van der Waals surface area contributed by atoms with Gasteiger partial charge in [0.15, 0.2) is 0 Å². The molecule has 0 bridgehead atoms. The maximum absolute atomic E-state index is 8.78. The van der Waals surface area contributed by atoms with Gasteiger partial charge in [0.05, 0.1) is 6.26 Å². The average Bonchev–Trinajstić information content (AvgIpc) is 2.38. The predicted molar refractivity (Wildman–Crippen MR) is 84.1 cm³/mol. The molecule has 19 heavy (non-hydrogen) atoms. The first-order valence-corrected chi connectivity index (χ1v) is 7.08. The Kier molecular flexibility index (Phi) is 6.41. The predicted octanol–water partition coefficient (Wildman–Crippen LogP) is 5.64. The lowest BCUT2D eigenvalue weighted by Crippen LogP contribution is -2.06. The van der Waals surface area contributed by atoms with E-state index in [4.69, 9.17) is 5.11 Å². The van der Waals surface area contributed by atoms with Crippen LogP contribution in [0.5, 0.6) is 0 Å². The summed E-state index contributed by atoms with van der Waals surface area (Å²) in [5.74, 6) is 0.688. The molecule has 0 amide bonds. The molecule has 1 aliphatic rings. The lowest BCUT2D eigenvalue weighted by molar-refractivity contribution is 0.469. The SMILES string of the molecule is CC1=C(/C=C/C(C)=C/C=C\C(C)=C\O)C(C)CCC1. The molecule has 0 aromatic heterocycles. The summed E-state index contributed by atoms with van der Waals surface area (Å²) in [4.78, 5) is 0. The van der Waals surface area contributed by atoms with Gasteiger partial charge in [-0.15, -0.1) is 0 Å². The maximum Gasteiger partial charge on any atom is 0.0820 e. The normalized spacial score (nSPS) is 22.8. The third-order valence-corrected chi connectivity index (χ3v) is 3.66. The highest BCUT2D eigenvalue weighted by Crippen LogP contribution is 2.30. The van der Waals surface area contributed by atoms with Crippen LogP contribution in [0.25, 0.3) is 0 Å². The van der Waals surface area contributed by atoms with Crippen LogP contribution in [0.4, 0.5) is 0 Å². The second-order valence-electron chi connectivity index (χ2n) is 5.51. The van der Waals surface area contributed by atoms with Crippen molar-refractivity contribution >= 4 is 0 Å². The van der Waals surface area contributed by atoms with Crippen LogP contribution in [0.15, 0.2) is 58.9 Å². The minimum absolute atomic E-state index is 0.688. The Hall–Kier alpha value is -1.50. The monoisotopic (exact) mass is 258 g/mol. The Balaban J connectivity index is 2.70. The third kappa shape index (κ3) is 5.34. The van der Waals surface area contributed by atoms with Crippen molar-refractivity contribution in [3.63, 3.8) is 0 Å². The fraction of sp³-hybridized carbons (Fsp3) is 0.444. The van der Waals surface area contributed by atoms with Crippen molar-refractivity contribution in [3.8, 4) is 0 Å². The molecular weight excluding hydrogens is 232 g/mol. The van der Waals surface area contributed by atoms with E-state index in [2.05, 4.69) is 39.0 Å². The maximum atomic E-state index is 8.78. The van der Waals surface area contributed by atoms with Gasteiger partial charge in [-0.05, 0) is 57.1 Å². The summed E-state index contributed by atoms with van der Waals surface area (Å²) in [5, 5.41) is 8.78. The standard InChI is InChI=1S/C18H26O/c1-14(7-5-8-15(2)13-19)11-12-18-16(3)9-6-10-17(18)4/h5,7-8,11-13,16,19H,6,9-10H2,1-4H3/b8-5-,12-11+,14-7+,15-13+. The van der Waals surface area contributed by atoms with Crippen LogP contribution in [-0.2, 0) is 0 Å². The molecule has 1 aliphatic carbocycles. The van der Waals surface area contributed by atoms with Gasteiger partial charge in [-0.3, -0.25) is 0 Å². The lowest BCUT2D eigenvalue weighted by atomic mass is 9.84. The smallest absolute Gasteiger partial charge is 0.0820 e. The first-order chi connectivity index (χ1) is 9.04. The highest BCUT2D eigenvalue weighted by Gasteiger charge is 2.14. The minimum atomic E-state index is 0.688. The molecule has 0 aromatic rings. The number of aliphatic hydroxyl groups is 1. The van der Waals surface area contributed by atoms with E-state index in [1.54, 1.807) is 0 Å². The van der Waals surface area contributed by atoms with Crippen molar-refractivity contribution in [1.29, 1.82) is 0 Å². The van der Waals surface area contributed by atoms with Crippen molar-refractivity contribution in [1.82, 2.24) is 0 Å². The van der Waals surface area contributed by atoms with Crippen molar-refractivity contribution < 1.29 is 5.11 Å². The number of aliphatic hydroxyl groups excluding tert-OH is 1. The summed E-state index contributed by atoms with van der Waals surface area (Å²) in [6.07, 6.45) is 15.4. The van der Waals surface area contributed by atoms with Gasteiger partial charge in [0.25, 0.3) is 0 Å². The van der Waals surface area contributed by atoms with Crippen LogP contribution in [0, 0.1) is 5.92 Å². The molecule has 0 spiro atoms. The summed E-state index contributed by atoms with van der Waals surface area (Å²) in [7, 11) is 0. The summed E-state index contributed by atoms with van der Waals surface area (Å²) in [6, 6.07) is 0. The first-order valence-electron chi connectivity index (χ1n) is 7.08. The van der Waals surface area contributed by atoms with E-state index in [-0.39, 0.29) is 0 Å². The molecule has 0 aromatic carbocycles. The topological polar surface area (TPSA) is 20.2 Å². The molecule has 0 aliphatic heterocycles. The zero-order valence-electron chi connectivity index (χ0n) is 12.6. The van der Waals surface area contributed by atoms with Gasteiger partial charge < -0.3 is 5.11 Å². The van der Waals surface area contributed by atoms with Crippen molar-refractivity contribution in [2.24, 2.45) is 5.92 Å². The van der Waals surface area contributed by atoms with Gasteiger partial charge >= 0.3 is 0 Å². The molecule has 0 saturated carbocycles. The molecule has 1 rings (SSSR count). The molecule has 0 heterocycles. The molecule has 1 unspecified atom stereocenters. The zero-order chi connectivity index (χ0) is 14.3. The fourth-order valence-corrected chi connectivity index (χ4v) is 2.37. The molecule has 1 heteroatoms. The van der Waals surface area contributed by atoms with Crippen molar-refractivity contribution in [2.45, 2.75) is 47.0 Å². The molecule has 0 fully saturated rings. The molecule has 1 atom stereocenters. The highest BCUT2D eigenvalue weighted by atomic mass is 16.2. The second-order valence-corrected chi connectivity index (χ2v) is 5.51.